The maximum atomic E-state index is 7.24. The first kappa shape index (κ1) is 36.3. The average molecular weight is 729 g/mol. The van der Waals surface area contributed by atoms with Gasteiger partial charge in [0.1, 0.15) is 23.1 Å². The van der Waals surface area contributed by atoms with Gasteiger partial charge in [-0.05, 0) is 65.9 Å². The lowest BCUT2D eigenvalue weighted by atomic mass is 9.86. The Morgan fingerprint density at radius 2 is 1.27 bits per heavy atom. The van der Waals surface area contributed by atoms with E-state index in [-0.39, 0.29) is 16.2 Å². The molecular weight excluding hydrogens is 677 g/mol. The van der Waals surface area contributed by atoms with E-state index < -0.39 is 0 Å². The van der Waals surface area contributed by atoms with Crippen LogP contribution in [0.4, 0.5) is 17.1 Å². The van der Waals surface area contributed by atoms with E-state index in [1.807, 2.05) is 0 Å². The van der Waals surface area contributed by atoms with Gasteiger partial charge in [-0.3, -0.25) is 0 Å². The van der Waals surface area contributed by atoms with Gasteiger partial charge < -0.3 is 19.1 Å². The highest BCUT2D eigenvalue weighted by molar-refractivity contribution is 6.11. The van der Waals surface area contributed by atoms with Crippen molar-refractivity contribution in [2.24, 2.45) is 0 Å². The molecule has 0 N–H and O–H groups in total. The maximum Gasteiger partial charge on any atom is 0.167 e. The molecule has 5 aromatic carbocycles. The Balaban J connectivity index is 1.40. The van der Waals surface area contributed by atoms with E-state index in [0.717, 1.165) is 62.8 Å². The van der Waals surface area contributed by atoms with Crippen molar-refractivity contribution in [3.8, 4) is 28.6 Å². The van der Waals surface area contributed by atoms with E-state index in [1.165, 1.54) is 22.5 Å². The summed E-state index contributed by atoms with van der Waals surface area (Å²) in [7, 11) is 2.16. The highest BCUT2D eigenvalue weighted by Gasteiger charge is 2.30. The van der Waals surface area contributed by atoms with Crippen LogP contribution in [0, 0.1) is 6.92 Å². The lowest BCUT2D eigenvalue weighted by Gasteiger charge is -2.26. The molecule has 55 heavy (non-hydrogen) atoms. The van der Waals surface area contributed by atoms with E-state index in [0.29, 0.717) is 11.6 Å². The first-order chi connectivity index (χ1) is 26.0. The minimum absolute atomic E-state index is 0.127. The van der Waals surface area contributed by atoms with Crippen molar-refractivity contribution in [1.82, 2.24) is 19.5 Å². The largest absolute Gasteiger partial charge is 0.456 e. The minimum Gasteiger partial charge on any atom is -0.456 e. The number of ether oxygens (including phenoxy) is 1. The van der Waals surface area contributed by atoms with Crippen molar-refractivity contribution in [1.29, 1.82) is 0 Å². The molecule has 8 rings (SSSR count). The second kappa shape index (κ2) is 13.0. The number of anilines is 3. The maximum absolute atomic E-state index is 7.24. The van der Waals surface area contributed by atoms with Gasteiger partial charge in [0.05, 0.1) is 34.6 Å². The van der Waals surface area contributed by atoms with Gasteiger partial charge in [0.15, 0.2) is 5.82 Å². The van der Waals surface area contributed by atoms with Gasteiger partial charge in [0.2, 0.25) is 0 Å². The smallest absolute Gasteiger partial charge is 0.167 e. The molecule has 2 aromatic heterocycles. The monoisotopic (exact) mass is 728 g/mol. The van der Waals surface area contributed by atoms with Crippen molar-refractivity contribution in [3.05, 3.63) is 126 Å². The Morgan fingerprint density at radius 1 is 0.600 bits per heavy atom. The van der Waals surface area contributed by atoms with Gasteiger partial charge in [0, 0.05) is 52.2 Å². The number of benzene rings is 5. The van der Waals surface area contributed by atoms with E-state index in [1.54, 1.807) is 0 Å². The predicted octanol–water partition coefficient (Wildman–Crippen LogP) is 12.2. The van der Waals surface area contributed by atoms with Crippen LogP contribution >= 0.6 is 0 Å². The molecule has 0 aliphatic carbocycles. The first-order valence-electron chi connectivity index (χ1n) is 19.3. The normalized spacial score (nSPS) is 13.6. The van der Waals surface area contributed by atoms with Crippen molar-refractivity contribution >= 4 is 38.9 Å². The molecule has 7 aromatic rings. The molecule has 280 valence electrons. The molecule has 0 atom stereocenters. The molecule has 7 heteroatoms. The molecule has 0 spiro atoms. The number of hydrogen-bond acceptors (Lipinski definition) is 6. The number of rotatable bonds is 5. The standard InChI is InChI=1S/C48H52N6O/c1-30-18-17-23-39-42(30)53(29-52(39)11)33-24-31(46(2,3)4)25-34(26-33)55-41-28-40-36(35-21-15-16-22-38(35)54(40)32-19-13-12-14-20-32)27-37(41)43-49-44(47(5,6)7)51-45(50-43)48(8,9)10/h12-28H,29H2,1-11H3. The zero-order chi connectivity index (χ0) is 39.0. The molecule has 0 saturated heterocycles. The van der Waals surface area contributed by atoms with Gasteiger partial charge in [-0.2, -0.15) is 0 Å². The number of nitrogens with zero attached hydrogens (tertiary/aromatic N) is 6. The van der Waals surface area contributed by atoms with Gasteiger partial charge >= 0.3 is 0 Å². The molecule has 0 fully saturated rings. The third kappa shape index (κ3) is 6.60. The van der Waals surface area contributed by atoms with Crippen molar-refractivity contribution in [2.75, 3.05) is 23.5 Å². The van der Waals surface area contributed by atoms with Crippen LogP contribution < -0.4 is 14.5 Å². The Labute approximate surface area is 325 Å². The van der Waals surface area contributed by atoms with Gasteiger partial charge in [-0.25, -0.2) is 15.0 Å². The second-order valence-electron chi connectivity index (χ2n) is 18.1. The summed E-state index contributed by atoms with van der Waals surface area (Å²) in [6.07, 6.45) is 0. The van der Waals surface area contributed by atoms with Crippen LogP contribution in [-0.4, -0.2) is 33.2 Å². The van der Waals surface area contributed by atoms with Gasteiger partial charge in [0.25, 0.3) is 0 Å². The topological polar surface area (TPSA) is 59.3 Å². The highest BCUT2D eigenvalue weighted by Crippen LogP contribution is 2.46. The Bertz CT molecular complexity index is 2550. The van der Waals surface area contributed by atoms with Crippen LogP contribution in [0.2, 0.25) is 0 Å². The van der Waals surface area contributed by atoms with Crippen LogP contribution in [0.15, 0.2) is 103 Å². The molecule has 0 bridgehead atoms. The molecule has 1 aliphatic heterocycles. The summed E-state index contributed by atoms with van der Waals surface area (Å²) in [5.41, 5.74) is 9.35. The summed E-state index contributed by atoms with van der Waals surface area (Å²) < 4.78 is 9.56. The van der Waals surface area contributed by atoms with Crippen LogP contribution in [0.1, 0.15) is 85.1 Å². The zero-order valence-electron chi connectivity index (χ0n) is 34.1. The van der Waals surface area contributed by atoms with Crippen molar-refractivity contribution in [3.63, 3.8) is 0 Å². The fourth-order valence-electron chi connectivity index (χ4n) is 7.51. The fraction of sp³-hybridized carbons (Fsp3) is 0.312. The SMILES string of the molecule is Cc1cccc2c1N(c1cc(Oc3cc4c(cc3-c3nc(C(C)(C)C)nc(C(C)(C)C)n3)c3ccccc3n4-c3ccccc3)cc(C(C)(C)C)c1)CN2C. The number of fused-ring (bicyclic) bond motifs is 4. The Kier molecular flexibility index (Phi) is 8.56. The molecule has 0 amide bonds. The van der Waals surface area contributed by atoms with Crippen LogP contribution in [-0.2, 0) is 16.2 Å². The van der Waals surface area contributed by atoms with Gasteiger partial charge in [-0.1, -0.05) is 111 Å². The third-order valence-electron chi connectivity index (χ3n) is 10.6. The fourth-order valence-corrected chi connectivity index (χ4v) is 7.51. The molecule has 3 heterocycles. The van der Waals surface area contributed by atoms with E-state index >= 15 is 0 Å². The first-order valence-corrected chi connectivity index (χ1v) is 19.3. The number of aryl methyl sites for hydroxylation is 1. The van der Waals surface area contributed by atoms with Crippen molar-refractivity contribution in [2.45, 2.75) is 85.5 Å². The number of para-hydroxylation sites is 3. The number of aromatic nitrogens is 4. The zero-order valence-corrected chi connectivity index (χ0v) is 34.1. The lowest BCUT2D eigenvalue weighted by Crippen LogP contribution is -2.24. The Morgan fingerprint density at radius 3 is 1.95 bits per heavy atom. The lowest BCUT2D eigenvalue weighted by molar-refractivity contribution is 0.478. The molecular formula is C48H52N6O. The predicted molar refractivity (Wildman–Crippen MR) is 229 cm³/mol. The second-order valence-corrected chi connectivity index (χ2v) is 18.1. The summed E-state index contributed by atoms with van der Waals surface area (Å²) in [6, 6.07) is 36.8. The van der Waals surface area contributed by atoms with E-state index in [2.05, 4.69) is 194 Å². The quantitative estimate of drug-likeness (QED) is 0.176. The van der Waals surface area contributed by atoms with Gasteiger partial charge in [-0.15, -0.1) is 0 Å². The van der Waals surface area contributed by atoms with E-state index in [9.17, 15) is 0 Å². The summed E-state index contributed by atoms with van der Waals surface area (Å²) in [4.78, 5) is 20.1. The average Bonchev–Trinajstić information content (AvgIpc) is 3.65. The van der Waals surface area contributed by atoms with Crippen molar-refractivity contribution < 1.29 is 4.74 Å². The van der Waals surface area contributed by atoms with Crippen LogP contribution in [0.25, 0.3) is 38.9 Å². The highest BCUT2D eigenvalue weighted by atomic mass is 16.5. The third-order valence-corrected chi connectivity index (χ3v) is 10.6. The summed E-state index contributed by atoms with van der Waals surface area (Å²) in [5.74, 6) is 3.56. The molecule has 0 saturated carbocycles. The molecule has 0 radical (unpaired) electrons. The number of hydrogen-bond donors (Lipinski definition) is 0. The Hall–Kier alpha value is -5.69. The minimum atomic E-state index is -0.292. The summed E-state index contributed by atoms with van der Waals surface area (Å²) in [5, 5.41) is 2.26. The summed E-state index contributed by atoms with van der Waals surface area (Å²) >= 11 is 0. The summed E-state index contributed by atoms with van der Waals surface area (Å²) in [6.45, 7) is 22.6. The molecule has 7 nitrogen and oxygen atoms in total. The molecule has 1 aliphatic rings. The van der Waals surface area contributed by atoms with E-state index in [4.69, 9.17) is 19.7 Å². The van der Waals surface area contributed by atoms with Crippen LogP contribution in [0.5, 0.6) is 11.5 Å². The molecule has 0 unspecified atom stereocenters. The van der Waals surface area contributed by atoms with Crippen LogP contribution in [0.3, 0.4) is 0 Å².